The van der Waals surface area contributed by atoms with Crippen LogP contribution in [0.2, 0.25) is 0 Å². The molecule has 0 unspecified atom stereocenters. The minimum absolute atomic E-state index is 0.177. The Bertz CT molecular complexity index is 195. The summed E-state index contributed by atoms with van der Waals surface area (Å²) in [6, 6.07) is -0.556. The van der Waals surface area contributed by atoms with Gasteiger partial charge >= 0.3 is 0 Å². The highest BCUT2D eigenvalue weighted by Crippen LogP contribution is 2.09. The molecule has 0 aromatic rings. The Hall–Kier alpha value is -0.380. The van der Waals surface area contributed by atoms with Crippen LogP contribution in [0.5, 0.6) is 0 Å². The van der Waals surface area contributed by atoms with Crippen LogP contribution in [0.25, 0.3) is 0 Å². The molecule has 0 saturated heterocycles. The monoisotopic (exact) mass is 257 g/mol. The molecule has 0 aromatic carbocycles. The summed E-state index contributed by atoms with van der Waals surface area (Å²) in [6.07, 6.45) is 14.5. The molecule has 18 heavy (non-hydrogen) atoms. The molecular formula is C15H31NO2. The average Bonchev–Trinajstić information content (AvgIpc) is 2.39. The molecule has 0 spiro atoms. The van der Waals surface area contributed by atoms with Crippen molar-refractivity contribution >= 4 is 0 Å². The third-order valence-electron chi connectivity index (χ3n) is 3.21. The molecule has 0 radical (unpaired) electrons. The topological polar surface area (TPSA) is 66.5 Å². The number of hydrogen-bond donors (Lipinski definition) is 3. The summed E-state index contributed by atoms with van der Waals surface area (Å²) in [7, 11) is 0. The van der Waals surface area contributed by atoms with E-state index in [1.807, 2.05) is 6.08 Å². The second kappa shape index (κ2) is 13.1. The van der Waals surface area contributed by atoms with E-state index in [0.29, 0.717) is 0 Å². The van der Waals surface area contributed by atoms with Gasteiger partial charge in [-0.05, 0) is 12.8 Å². The van der Waals surface area contributed by atoms with E-state index < -0.39 is 12.1 Å². The van der Waals surface area contributed by atoms with Gasteiger partial charge in [-0.2, -0.15) is 0 Å². The Balaban J connectivity index is 3.27. The minimum Gasteiger partial charge on any atom is -0.395 e. The van der Waals surface area contributed by atoms with Gasteiger partial charge in [0, 0.05) is 0 Å². The lowest BCUT2D eigenvalue weighted by molar-refractivity contribution is 0.144. The van der Waals surface area contributed by atoms with Crippen molar-refractivity contribution in [2.45, 2.75) is 76.9 Å². The molecule has 0 bridgehead atoms. The molecule has 0 aliphatic carbocycles. The third kappa shape index (κ3) is 10.8. The van der Waals surface area contributed by atoms with Crippen molar-refractivity contribution in [3.63, 3.8) is 0 Å². The Morgan fingerprint density at radius 2 is 1.56 bits per heavy atom. The predicted molar refractivity (Wildman–Crippen MR) is 77.4 cm³/mol. The molecule has 0 saturated carbocycles. The number of nitrogens with two attached hydrogens (primary N) is 1. The van der Waals surface area contributed by atoms with Crippen LogP contribution in [0.1, 0.15) is 64.7 Å². The quantitative estimate of drug-likeness (QED) is 0.372. The number of allylic oxidation sites excluding steroid dienone is 1. The van der Waals surface area contributed by atoms with E-state index in [1.165, 1.54) is 51.4 Å². The van der Waals surface area contributed by atoms with Gasteiger partial charge in [0.05, 0.1) is 18.8 Å². The minimum atomic E-state index is -0.718. The van der Waals surface area contributed by atoms with Crippen molar-refractivity contribution in [2.75, 3.05) is 6.61 Å². The highest BCUT2D eigenvalue weighted by molar-refractivity contribution is 4.93. The van der Waals surface area contributed by atoms with Crippen LogP contribution in [-0.2, 0) is 0 Å². The SMILES string of the molecule is CCCCCCCCCC/C=C/[C@H](O)[C@@H](N)CO. The summed E-state index contributed by atoms with van der Waals surface area (Å²) in [4.78, 5) is 0. The van der Waals surface area contributed by atoms with Crippen molar-refractivity contribution in [3.05, 3.63) is 12.2 Å². The molecule has 0 aliphatic heterocycles. The van der Waals surface area contributed by atoms with Gasteiger partial charge in [0.15, 0.2) is 0 Å². The van der Waals surface area contributed by atoms with Crippen molar-refractivity contribution in [1.29, 1.82) is 0 Å². The Morgan fingerprint density at radius 1 is 1.00 bits per heavy atom. The third-order valence-corrected chi connectivity index (χ3v) is 3.21. The van der Waals surface area contributed by atoms with Gasteiger partial charge < -0.3 is 15.9 Å². The van der Waals surface area contributed by atoms with Crippen LogP contribution in [0, 0.1) is 0 Å². The number of hydrogen-bond acceptors (Lipinski definition) is 3. The van der Waals surface area contributed by atoms with Crippen molar-refractivity contribution in [1.82, 2.24) is 0 Å². The van der Waals surface area contributed by atoms with Crippen LogP contribution in [0.4, 0.5) is 0 Å². The molecule has 0 amide bonds. The fourth-order valence-electron chi connectivity index (χ4n) is 1.88. The molecule has 0 rings (SSSR count). The largest absolute Gasteiger partial charge is 0.395 e. The Labute approximate surface area is 112 Å². The summed E-state index contributed by atoms with van der Waals surface area (Å²) in [5.41, 5.74) is 5.49. The van der Waals surface area contributed by atoms with Crippen LogP contribution < -0.4 is 5.73 Å². The molecule has 2 atom stereocenters. The fourth-order valence-corrected chi connectivity index (χ4v) is 1.88. The second-order valence-electron chi connectivity index (χ2n) is 5.03. The zero-order chi connectivity index (χ0) is 13.6. The summed E-state index contributed by atoms with van der Waals surface area (Å²) >= 11 is 0. The second-order valence-corrected chi connectivity index (χ2v) is 5.03. The van der Waals surface area contributed by atoms with Gasteiger partial charge in [-0.1, -0.05) is 64.0 Å². The first-order valence-electron chi connectivity index (χ1n) is 7.43. The van der Waals surface area contributed by atoms with Crippen LogP contribution in [0.3, 0.4) is 0 Å². The zero-order valence-electron chi connectivity index (χ0n) is 11.9. The number of aliphatic hydroxyl groups is 2. The molecule has 0 aromatic heterocycles. The maximum Gasteiger partial charge on any atom is 0.0894 e. The van der Waals surface area contributed by atoms with Crippen molar-refractivity contribution < 1.29 is 10.2 Å². The van der Waals surface area contributed by atoms with E-state index in [2.05, 4.69) is 6.92 Å². The van der Waals surface area contributed by atoms with Gasteiger partial charge in [0.1, 0.15) is 0 Å². The van der Waals surface area contributed by atoms with Crippen molar-refractivity contribution in [2.24, 2.45) is 5.73 Å². The zero-order valence-corrected chi connectivity index (χ0v) is 11.9. The standard InChI is InChI=1S/C15H31NO2/c1-2-3-4-5-6-7-8-9-10-11-12-15(18)14(16)13-17/h11-12,14-15,17-18H,2-10,13,16H2,1H3/b12-11+/t14-,15-/m0/s1. The number of rotatable bonds is 12. The van der Waals surface area contributed by atoms with E-state index in [9.17, 15) is 5.11 Å². The first-order valence-corrected chi connectivity index (χ1v) is 7.43. The van der Waals surface area contributed by atoms with E-state index in [-0.39, 0.29) is 6.61 Å². The van der Waals surface area contributed by atoms with Crippen LogP contribution in [0.15, 0.2) is 12.2 Å². The van der Waals surface area contributed by atoms with Gasteiger partial charge in [-0.25, -0.2) is 0 Å². The molecule has 108 valence electrons. The van der Waals surface area contributed by atoms with Crippen LogP contribution >= 0.6 is 0 Å². The van der Waals surface area contributed by atoms with E-state index >= 15 is 0 Å². The van der Waals surface area contributed by atoms with Crippen LogP contribution in [-0.4, -0.2) is 29.0 Å². The van der Waals surface area contributed by atoms with Gasteiger partial charge in [0.2, 0.25) is 0 Å². The average molecular weight is 257 g/mol. The highest BCUT2D eigenvalue weighted by atomic mass is 16.3. The van der Waals surface area contributed by atoms with Gasteiger partial charge in [-0.3, -0.25) is 0 Å². The van der Waals surface area contributed by atoms with Gasteiger partial charge in [-0.15, -0.1) is 0 Å². The molecule has 0 fully saturated rings. The van der Waals surface area contributed by atoms with E-state index in [4.69, 9.17) is 10.8 Å². The normalized spacial score (nSPS) is 15.1. The van der Waals surface area contributed by atoms with Crippen molar-refractivity contribution in [3.8, 4) is 0 Å². The van der Waals surface area contributed by atoms with Gasteiger partial charge in [0.25, 0.3) is 0 Å². The summed E-state index contributed by atoms with van der Waals surface area (Å²) in [6.45, 7) is 2.06. The molecule has 0 aliphatic rings. The Morgan fingerprint density at radius 3 is 2.11 bits per heavy atom. The smallest absolute Gasteiger partial charge is 0.0894 e. The lowest BCUT2D eigenvalue weighted by atomic mass is 10.1. The summed E-state index contributed by atoms with van der Waals surface area (Å²) in [5, 5.41) is 18.2. The van der Waals surface area contributed by atoms with E-state index in [0.717, 1.165) is 6.42 Å². The Kier molecular flexibility index (Phi) is 12.8. The molecule has 3 heteroatoms. The number of unbranched alkanes of at least 4 members (excludes halogenated alkanes) is 8. The first-order chi connectivity index (χ1) is 8.72. The fraction of sp³-hybridized carbons (Fsp3) is 0.867. The summed E-state index contributed by atoms with van der Waals surface area (Å²) in [5.74, 6) is 0. The summed E-state index contributed by atoms with van der Waals surface area (Å²) < 4.78 is 0. The molecule has 3 nitrogen and oxygen atoms in total. The molecule has 4 N–H and O–H groups in total. The predicted octanol–water partition coefficient (Wildman–Crippen LogP) is 2.75. The lowest BCUT2D eigenvalue weighted by Gasteiger charge is -2.11. The highest BCUT2D eigenvalue weighted by Gasteiger charge is 2.08. The maximum absolute atomic E-state index is 9.47. The first kappa shape index (κ1) is 17.6. The maximum atomic E-state index is 9.47. The van der Waals surface area contributed by atoms with E-state index in [1.54, 1.807) is 6.08 Å². The molecular weight excluding hydrogens is 226 g/mol. The lowest BCUT2D eigenvalue weighted by Crippen LogP contribution is -2.36. The molecule has 0 heterocycles. The number of aliphatic hydroxyl groups excluding tert-OH is 2.